The summed E-state index contributed by atoms with van der Waals surface area (Å²) >= 11 is 0. The van der Waals surface area contributed by atoms with Gasteiger partial charge in [0.25, 0.3) is 0 Å². The monoisotopic (exact) mass is 248 g/mol. The summed E-state index contributed by atoms with van der Waals surface area (Å²) in [4.78, 5) is 0. The van der Waals surface area contributed by atoms with Gasteiger partial charge in [-0.2, -0.15) is 5.26 Å². The summed E-state index contributed by atoms with van der Waals surface area (Å²) in [6.45, 7) is 6.62. The summed E-state index contributed by atoms with van der Waals surface area (Å²) in [5.74, 6) is -0.171. The van der Waals surface area contributed by atoms with Gasteiger partial charge in [0.2, 0.25) is 0 Å². The lowest BCUT2D eigenvalue weighted by molar-refractivity contribution is 0.415. The molecule has 1 rings (SSSR count). The third-order valence-electron chi connectivity index (χ3n) is 3.10. The van der Waals surface area contributed by atoms with Crippen molar-refractivity contribution in [3.63, 3.8) is 0 Å². The highest BCUT2D eigenvalue weighted by Crippen LogP contribution is 2.21. The molecule has 0 fully saturated rings. The highest BCUT2D eigenvalue weighted by Gasteiger charge is 2.16. The predicted molar refractivity (Wildman–Crippen MR) is 71.4 cm³/mol. The van der Waals surface area contributed by atoms with E-state index in [-0.39, 0.29) is 17.3 Å². The van der Waals surface area contributed by atoms with Gasteiger partial charge in [0.1, 0.15) is 5.82 Å². The van der Waals surface area contributed by atoms with Crippen LogP contribution >= 0.6 is 0 Å². The van der Waals surface area contributed by atoms with Crippen LogP contribution in [0.15, 0.2) is 24.3 Å². The van der Waals surface area contributed by atoms with Crippen molar-refractivity contribution >= 4 is 0 Å². The van der Waals surface area contributed by atoms with E-state index in [1.165, 1.54) is 6.07 Å². The number of nitriles is 1. The van der Waals surface area contributed by atoms with Crippen LogP contribution in [0.5, 0.6) is 0 Å². The third kappa shape index (κ3) is 4.46. The largest absolute Gasteiger partial charge is 0.310 e. The van der Waals surface area contributed by atoms with Crippen LogP contribution in [0.25, 0.3) is 0 Å². The van der Waals surface area contributed by atoms with Crippen molar-refractivity contribution in [2.75, 3.05) is 6.54 Å². The van der Waals surface area contributed by atoms with Gasteiger partial charge in [0.15, 0.2) is 0 Å². The molecule has 2 nitrogen and oxygen atoms in total. The minimum atomic E-state index is -0.275. The summed E-state index contributed by atoms with van der Waals surface area (Å²) in [7, 11) is 0. The first kappa shape index (κ1) is 14.7. The zero-order valence-electron chi connectivity index (χ0n) is 11.3. The summed E-state index contributed by atoms with van der Waals surface area (Å²) in [5, 5.41) is 12.2. The molecule has 0 aliphatic rings. The van der Waals surface area contributed by atoms with E-state index in [0.29, 0.717) is 5.56 Å². The molecule has 0 aliphatic heterocycles. The highest BCUT2D eigenvalue weighted by atomic mass is 19.1. The maximum Gasteiger partial charge on any atom is 0.127 e. The molecule has 0 bridgehead atoms. The Morgan fingerprint density at radius 1 is 1.39 bits per heavy atom. The molecule has 1 atom stereocenters. The first-order valence-electron chi connectivity index (χ1n) is 6.35. The maximum atomic E-state index is 13.5. The molecule has 1 aromatic carbocycles. The number of nitrogens with one attached hydrogen (secondary N) is 1. The van der Waals surface area contributed by atoms with Gasteiger partial charge in [0.05, 0.1) is 11.5 Å². The zero-order chi connectivity index (χ0) is 13.6. The molecule has 0 aliphatic carbocycles. The number of nitrogens with zero attached hydrogens (tertiary/aromatic N) is 1. The molecular formula is C15H21FN2. The van der Waals surface area contributed by atoms with Crippen LogP contribution in [0.3, 0.4) is 0 Å². The van der Waals surface area contributed by atoms with Crippen molar-refractivity contribution in [2.24, 2.45) is 5.41 Å². The van der Waals surface area contributed by atoms with E-state index in [9.17, 15) is 4.39 Å². The van der Waals surface area contributed by atoms with Gasteiger partial charge in [-0.3, -0.25) is 0 Å². The number of halogens is 1. The van der Waals surface area contributed by atoms with Crippen molar-refractivity contribution < 1.29 is 4.39 Å². The van der Waals surface area contributed by atoms with Crippen LogP contribution in [-0.4, -0.2) is 6.54 Å². The van der Waals surface area contributed by atoms with Crippen LogP contribution < -0.4 is 5.32 Å². The van der Waals surface area contributed by atoms with Gasteiger partial charge in [-0.15, -0.1) is 0 Å². The van der Waals surface area contributed by atoms with Gasteiger partial charge >= 0.3 is 0 Å². The molecule has 18 heavy (non-hydrogen) atoms. The minimum absolute atomic E-state index is 0.00334. The first-order valence-corrected chi connectivity index (χ1v) is 6.35. The fourth-order valence-electron chi connectivity index (χ4n) is 1.84. The average molecular weight is 248 g/mol. The van der Waals surface area contributed by atoms with Crippen molar-refractivity contribution in [1.82, 2.24) is 5.32 Å². The third-order valence-corrected chi connectivity index (χ3v) is 3.10. The van der Waals surface area contributed by atoms with E-state index in [4.69, 9.17) is 5.26 Å². The van der Waals surface area contributed by atoms with Crippen molar-refractivity contribution in [3.05, 3.63) is 35.6 Å². The molecule has 0 heterocycles. The van der Waals surface area contributed by atoms with E-state index in [0.717, 1.165) is 19.4 Å². The Labute approximate surface area is 109 Å². The van der Waals surface area contributed by atoms with E-state index < -0.39 is 0 Å². The normalized spacial score (nSPS) is 13.1. The van der Waals surface area contributed by atoms with Gasteiger partial charge < -0.3 is 5.32 Å². The number of benzene rings is 1. The van der Waals surface area contributed by atoms with E-state index in [1.54, 1.807) is 12.1 Å². The fourth-order valence-corrected chi connectivity index (χ4v) is 1.84. The minimum Gasteiger partial charge on any atom is -0.310 e. The van der Waals surface area contributed by atoms with Crippen LogP contribution in [0.4, 0.5) is 4.39 Å². The second kappa shape index (κ2) is 6.51. The Hall–Kier alpha value is -1.40. The molecule has 1 unspecified atom stereocenters. The summed E-state index contributed by atoms with van der Waals surface area (Å²) in [6, 6.07) is 9.09. The zero-order valence-corrected chi connectivity index (χ0v) is 11.3. The predicted octanol–water partition coefficient (Wildman–Crippen LogP) is 3.81. The molecule has 98 valence electrons. The Morgan fingerprint density at radius 3 is 2.67 bits per heavy atom. The molecule has 0 radical (unpaired) electrons. The second-order valence-electron chi connectivity index (χ2n) is 5.30. The first-order chi connectivity index (χ1) is 8.46. The lowest BCUT2D eigenvalue weighted by atomic mass is 9.90. The average Bonchev–Trinajstić information content (AvgIpc) is 2.35. The smallest absolute Gasteiger partial charge is 0.127 e. The van der Waals surface area contributed by atoms with Crippen LogP contribution in [0.2, 0.25) is 0 Å². The summed E-state index contributed by atoms with van der Waals surface area (Å²) < 4.78 is 13.5. The van der Waals surface area contributed by atoms with Gasteiger partial charge in [-0.25, -0.2) is 4.39 Å². The Bertz CT molecular complexity index is 421. The maximum absolute atomic E-state index is 13.5. The van der Waals surface area contributed by atoms with Crippen molar-refractivity contribution in [2.45, 2.75) is 39.7 Å². The standard InChI is InChI=1S/C15H21FN2/c1-12(13-7-4-5-8-14(13)16)18-10-6-9-15(2,3)11-17/h4-5,7-8,12,18H,6,9-10H2,1-3H3. The lowest BCUT2D eigenvalue weighted by Gasteiger charge is -2.18. The fraction of sp³-hybridized carbons (Fsp3) is 0.533. The van der Waals surface area contributed by atoms with E-state index >= 15 is 0 Å². The SMILES string of the molecule is CC(NCCCC(C)(C)C#N)c1ccccc1F. The van der Waals surface area contributed by atoms with Crippen LogP contribution in [-0.2, 0) is 0 Å². The second-order valence-corrected chi connectivity index (χ2v) is 5.30. The molecule has 0 amide bonds. The molecule has 1 aromatic rings. The van der Waals surface area contributed by atoms with Gasteiger partial charge in [-0.1, -0.05) is 18.2 Å². The topological polar surface area (TPSA) is 35.8 Å². The Kier molecular flexibility index (Phi) is 5.30. The van der Waals surface area contributed by atoms with E-state index in [2.05, 4.69) is 11.4 Å². The molecule has 3 heteroatoms. The highest BCUT2D eigenvalue weighted by molar-refractivity contribution is 5.20. The molecule has 1 N–H and O–H groups in total. The molecule has 0 aromatic heterocycles. The van der Waals surface area contributed by atoms with Crippen molar-refractivity contribution in [1.29, 1.82) is 5.26 Å². The van der Waals surface area contributed by atoms with Crippen molar-refractivity contribution in [3.8, 4) is 6.07 Å². The van der Waals surface area contributed by atoms with Gasteiger partial charge in [-0.05, 0) is 46.2 Å². The van der Waals surface area contributed by atoms with Crippen LogP contribution in [0, 0.1) is 22.6 Å². The Morgan fingerprint density at radius 2 is 2.06 bits per heavy atom. The van der Waals surface area contributed by atoms with Crippen LogP contribution in [0.1, 0.15) is 45.2 Å². The molecule has 0 saturated carbocycles. The molecule has 0 spiro atoms. The Balaban J connectivity index is 2.37. The van der Waals surface area contributed by atoms with E-state index in [1.807, 2.05) is 26.8 Å². The number of rotatable bonds is 6. The lowest BCUT2D eigenvalue weighted by Crippen LogP contribution is -2.22. The summed E-state index contributed by atoms with van der Waals surface area (Å²) in [6.07, 6.45) is 1.76. The quantitative estimate of drug-likeness (QED) is 0.777. The molecular weight excluding hydrogens is 227 g/mol. The number of hydrogen-bond donors (Lipinski definition) is 1. The number of hydrogen-bond acceptors (Lipinski definition) is 2. The summed E-state index contributed by atoms with van der Waals surface area (Å²) in [5.41, 5.74) is 0.417. The molecule has 0 saturated heterocycles. The van der Waals surface area contributed by atoms with Gasteiger partial charge in [0, 0.05) is 11.6 Å².